The number of ether oxygens (including phenoxy) is 1. The van der Waals surface area contributed by atoms with Crippen molar-refractivity contribution >= 4 is 29.1 Å². The predicted octanol–water partition coefficient (Wildman–Crippen LogP) is 4.84. The van der Waals surface area contributed by atoms with Crippen LogP contribution in [0.15, 0.2) is 66.7 Å². The number of hydrogen-bond donors (Lipinski definition) is 3. The average molecular weight is 411 g/mol. The SMILES string of the molecule is CCNC(=O)c1cc(Oc2ccccc2)ccc1NC(=O)c1ccc(O)c(Cl)c1. The number of rotatable bonds is 6. The molecule has 2 amide bonds. The number of aromatic hydroxyl groups is 1. The molecule has 3 aromatic rings. The van der Waals surface area contributed by atoms with Crippen molar-refractivity contribution in [2.24, 2.45) is 0 Å². The van der Waals surface area contributed by atoms with Crippen LogP contribution in [0.4, 0.5) is 5.69 Å². The monoisotopic (exact) mass is 410 g/mol. The van der Waals surface area contributed by atoms with Crippen molar-refractivity contribution in [2.75, 3.05) is 11.9 Å². The van der Waals surface area contributed by atoms with Gasteiger partial charge in [-0.2, -0.15) is 0 Å². The number of amides is 2. The number of nitrogens with one attached hydrogen (secondary N) is 2. The molecule has 0 bridgehead atoms. The molecule has 0 aliphatic heterocycles. The highest BCUT2D eigenvalue weighted by atomic mass is 35.5. The van der Waals surface area contributed by atoms with Crippen molar-refractivity contribution in [1.82, 2.24) is 5.32 Å². The number of phenols is 1. The van der Waals surface area contributed by atoms with Crippen LogP contribution in [0.5, 0.6) is 17.2 Å². The summed E-state index contributed by atoms with van der Waals surface area (Å²) < 4.78 is 5.78. The Hall–Kier alpha value is -3.51. The van der Waals surface area contributed by atoms with Crippen molar-refractivity contribution in [1.29, 1.82) is 0 Å². The molecule has 3 aromatic carbocycles. The predicted molar refractivity (Wildman–Crippen MR) is 112 cm³/mol. The molecule has 29 heavy (non-hydrogen) atoms. The lowest BCUT2D eigenvalue weighted by Gasteiger charge is -2.14. The summed E-state index contributed by atoms with van der Waals surface area (Å²) in [5, 5.41) is 15.0. The van der Waals surface area contributed by atoms with E-state index in [1.807, 2.05) is 18.2 Å². The summed E-state index contributed by atoms with van der Waals surface area (Å²) in [5.41, 5.74) is 0.836. The van der Waals surface area contributed by atoms with Crippen LogP contribution in [0.2, 0.25) is 5.02 Å². The summed E-state index contributed by atoms with van der Waals surface area (Å²) in [6, 6.07) is 18.1. The highest BCUT2D eigenvalue weighted by Crippen LogP contribution is 2.28. The smallest absolute Gasteiger partial charge is 0.255 e. The molecule has 6 nitrogen and oxygen atoms in total. The molecule has 0 saturated carbocycles. The zero-order chi connectivity index (χ0) is 20.8. The largest absolute Gasteiger partial charge is 0.506 e. The number of carbonyl (C=O) groups is 2. The first-order valence-electron chi connectivity index (χ1n) is 8.93. The molecule has 0 fully saturated rings. The number of carbonyl (C=O) groups excluding carboxylic acids is 2. The van der Waals surface area contributed by atoms with Crippen LogP contribution >= 0.6 is 11.6 Å². The van der Waals surface area contributed by atoms with Gasteiger partial charge in [-0.3, -0.25) is 9.59 Å². The fourth-order valence-corrected chi connectivity index (χ4v) is 2.79. The van der Waals surface area contributed by atoms with Crippen molar-refractivity contribution in [2.45, 2.75) is 6.92 Å². The Morgan fingerprint density at radius 3 is 2.41 bits per heavy atom. The molecule has 0 aromatic heterocycles. The standard InChI is InChI=1S/C22H19ClN2O4/c1-2-24-22(28)17-13-16(29-15-6-4-3-5-7-15)9-10-19(17)25-21(27)14-8-11-20(26)18(23)12-14/h3-13,26H,2H2,1H3,(H,24,28)(H,25,27). The molecule has 0 unspecified atom stereocenters. The molecule has 0 atom stereocenters. The van der Waals surface area contributed by atoms with Gasteiger partial charge in [-0.1, -0.05) is 29.8 Å². The molecule has 3 N–H and O–H groups in total. The normalized spacial score (nSPS) is 10.3. The molecular weight excluding hydrogens is 392 g/mol. The molecule has 0 saturated heterocycles. The van der Waals surface area contributed by atoms with Gasteiger partial charge in [-0.05, 0) is 55.5 Å². The molecule has 0 spiro atoms. The van der Waals surface area contributed by atoms with Gasteiger partial charge in [-0.15, -0.1) is 0 Å². The van der Waals surface area contributed by atoms with E-state index in [1.165, 1.54) is 18.2 Å². The lowest BCUT2D eigenvalue weighted by Crippen LogP contribution is -2.25. The van der Waals surface area contributed by atoms with Gasteiger partial charge < -0.3 is 20.5 Å². The van der Waals surface area contributed by atoms with Gasteiger partial charge in [0.25, 0.3) is 11.8 Å². The van der Waals surface area contributed by atoms with E-state index in [2.05, 4.69) is 10.6 Å². The van der Waals surface area contributed by atoms with Crippen molar-refractivity contribution < 1.29 is 19.4 Å². The van der Waals surface area contributed by atoms with E-state index >= 15 is 0 Å². The third-order valence-electron chi connectivity index (χ3n) is 4.01. The highest BCUT2D eigenvalue weighted by molar-refractivity contribution is 6.32. The molecule has 148 valence electrons. The maximum absolute atomic E-state index is 12.6. The Kier molecular flexibility index (Phi) is 6.36. The molecular formula is C22H19ClN2O4. The van der Waals surface area contributed by atoms with Gasteiger partial charge in [0, 0.05) is 12.1 Å². The summed E-state index contributed by atoms with van der Waals surface area (Å²) in [4.78, 5) is 25.1. The quantitative estimate of drug-likeness (QED) is 0.542. The van der Waals surface area contributed by atoms with Crippen molar-refractivity contribution in [3.05, 3.63) is 82.9 Å². The van der Waals surface area contributed by atoms with E-state index in [4.69, 9.17) is 16.3 Å². The Morgan fingerprint density at radius 1 is 0.966 bits per heavy atom. The molecule has 7 heteroatoms. The van der Waals surface area contributed by atoms with Crippen LogP contribution in [0.3, 0.4) is 0 Å². The Morgan fingerprint density at radius 2 is 1.72 bits per heavy atom. The van der Waals surface area contributed by atoms with E-state index in [-0.39, 0.29) is 27.8 Å². The second-order valence-electron chi connectivity index (χ2n) is 6.10. The van der Waals surface area contributed by atoms with E-state index in [0.717, 1.165) is 0 Å². The minimum absolute atomic E-state index is 0.0632. The Labute approximate surface area is 173 Å². The van der Waals surface area contributed by atoms with E-state index in [1.54, 1.807) is 37.3 Å². The van der Waals surface area contributed by atoms with Gasteiger partial charge >= 0.3 is 0 Å². The number of halogens is 1. The lowest BCUT2D eigenvalue weighted by molar-refractivity contribution is 0.0956. The fraction of sp³-hybridized carbons (Fsp3) is 0.0909. The number of benzene rings is 3. The summed E-state index contributed by atoms with van der Waals surface area (Å²) in [5.74, 6) is 0.167. The van der Waals surface area contributed by atoms with Gasteiger partial charge in [0.15, 0.2) is 0 Å². The fourth-order valence-electron chi connectivity index (χ4n) is 2.61. The maximum Gasteiger partial charge on any atom is 0.255 e. The van der Waals surface area contributed by atoms with Crippen LogP contribution in [-0.4, -0.2) is 23.5 Å². The number of phenolic OH excluding ortho intramolecular Hbond substituents is 1. The summed E-state index contributed by atoms with van der Waals surface area (Å²) in [7, 11) is 0. The number of anilines is 1. The molecule has 3 rings (SSSR count). The Balaban J connectivity index is 1.89. The highest BCUT2D eigenvalue weighted by Gasteiger charge is 2.16. The molecule has 0 radical (unpaired) electrons. The van der Waals surface area contributed by atoms with E-state index in [9.17, 15) is 14.7 Å². The minimum Gasteiger partial charge on any atom is -0.506 e. The van der Waals surface area contributed by atoms with Gasteiger partial charge in [0.05, 0.1) is 16.3 Å². The van der Waals surface area contributed by atoms with Gasteiger partial charge in [0.2, 0.25) is 0 Å². The second kappa shape index (κ2) is 9.12. The zero-order valence-corrected chi connectivity index (χ0v) is 16.4. The zero-order valence-electron chi connectivity index (χ0n) is 15.6. The van der Waals surface area contributed by atoms with Gasteiger partial charge in [-0.25, -0.2) is 0 Å². The summed E-state index contributed by atoms with van der Waals surface area (Å²) >= 11 is 5.87. The van der Waals surface area contributed by atoms with Crippen molar-refractivity contribution in [3.8, 4) is 17.2 Å². The lowest BCUT2D eigenvalue weighted by atomic mass is 10.1. The third kappa shape index (κ3) is 5.06. The average Bonchev–Trinajstić information content (AvgIpc) is 2.72. The minimum atomic E-state index is -0.464. The van der Waals surface area contributed by atoms with Crippen LogP contribution in [0.25, 0.3) is 0 Å². The second-order valence-corrected chi connectivity index (χ2v) is 6.51. The summed E-state index contributed by atoms with van der Waals surface area (Å²) in [6.07, 6.45) is 0. The summed E-state index contributed by atoms with van der Waals surface area (Å²) in [6.45, 7) is 2.24. The van der Waals surface area contributed by atoms with Crippen molar-refractivity contribution in [3.63, 3.8) is 0 Å². The van der Waals surface area contributed by atoms with Crippen LogP contribution < -0.4 is 15.4 Å². The Bertz CT molecular complexity index is 1040. The van der Waals surface area contributed by atoms with E-state index < -0.39 is 5.91 Å². The maximum atomic E-state index is 12.6. The van der Waals surface area contributed by atoms with Crippen LogP contribution in [0, 0.1) is 0 Å². The van der Waals surface area contributed by atoms with Crippen LogP contribution in [-0.2, 0) is 0 Å². The first kappa shape index (κ1) is 20.2. The molecule has 0 aliphatic carbocycles. The number of hydrogen-bond acceptors (Lipinski definition) is 4. The number of para-hydroxylation sites is 1. The first-order valence-corrected chi connectivity index (χ1v) is 9.30. The topological polar surface area (TPSA) is 87.7 Å². The van der Waals surface area contributed by atoms with Crippen LogP contribution in [0.1, 0.15) is 27.6 Å². The van der Waals surface area contributed by atoms with Gasteiger partial charge in [0.1, 0.15) is 17.2 Å². The first-order chi connectivity index (χ1) is 14.0. The molecule has 0 heterocycles. The third-order valence-corrected chi connectivity index (χ3v) is 4.31. The van der Waals surface area contributed by atoms with E-state index in [0.29, 0.717) is 23.7 Å². The molecule has 0 aliphatic rings.